The fourth-order valence-corrected chi connectivity index (χ4v) is 5.30. The maximum Gasteiger partial charge on any atom is 0.307 e. The third-order valence-electron chi connectivity index (χ3n) is 6.38. The van der Waals surface area contributed by atoms with Gasteiger partial charge in [0.1, 0.15) is 0 Å². The zero-order valence-electron chi connectivity index (χ0n) is 12.8. The van der Waals surface area contributed by atoms with E-state index in [1.807, 2.05) is 23.1 Å². The summed E-state index contributed by atoms with van der Waals surface area (Å²) in [5.41, 5.74) is 2.16. The van der Waals surface area contributed by atoms with E-state index >= 15 is 0 Å². The summed E-state index contributed by atoms with van der Waals surface area (Å²) in [6.07, 6.45) is 6.15. The van der Waals surface area contributed by atoms with Gasteiger partial charge in [-0.1, -0.05) is 30.4 Å². The molecule has 1 heterocycles. The number of carboxylic acid groups (broad SMARTS) is 1. The van der Waals surface area contributed by atoms with Gasteiger partial charge in [-0.05, 0) is 48.1 Å². The molecule has 0 radical (unpaired) electrons. The lowest BCUT2D eigenvalue weighted by Crippen LogP contribution is -2.51. The number of benzene rings is 1. The standard InChI is InChI=1S/C19H19NO3/c21-18(20-8-7-10-3-1-2-4-15(10)20)16-11-5-6-12(14-9-13(11)14)17(16)19(22)23/h1-6,11-14,16-17H,7-9H2,(H,22,23)/t11-,12-,13-,14-,16+,17+/m0/s1. The molecule has 5 aliphatic rings. The summed E-state index contributed by atoms with van der Waals surface area (Å²) < 4.78 is 0. The maximum atomic E-state index is 13.3. The van der Waals surface area contributed by atoms with Gasteiger partial charge in [0.2, 0.25) is 5.91 Å². The van der Waals surface area contributed by atoms with Gasteiger partial charge in [-0.15, -0.1) is 0 Å². The zero-order chi connectivity index (χ0) is 15.7. The van der Waals surface area contributed by atoms with Crippen LogP contribution in [0.1, 0.15) is 12.0 Å². The number of para-hydroxylation sites is 1. The topological polar surface area (TPSA) is 57.6 Å². The van der Waals surface area contributed by atoms with Crippen LogP contribution in [0.5, 0.6) is 0 Å². The van der Waals surface area contributed by atoms with Crippen LogP contribution >= 0.6 is 0 Å². The van der Waals surface area contributed by atoms with Crippen molar-refractivity contribution in [1.82, 2.24) is 0 Å². The average molecular weight is 309 g/mol. The molecule has 1 N–H and O–H groups in total. The molecule has 6 rings (SSSR count). The second kappa shape index (κ2) is 4.47. The number of hydrogen-bond donors (Lipinski definition) is 1. The van der Waals surface area contributed by atoms with Crippen LogP contribution in [0, 0.1) is 35.5 Å². The number of rotatable bonds is 2. The summed E-state index contributed by atoms with van der Waals surface area (Å²) in [5, 5.41) is 9.75. The highest BCUT2D eigenvalue weighted by Crippen LogP contribution is 2.64. The third kappa shape index (κ3) is 1.72. The fourth-order valence-electron chi connectivity index (χ4n) is 5.30. The van der Waals surface area contributed by atoms with Crippen molar-refractivity contribution in [3.63, 3.8) is 0 Å². The molecule has 2 bridgehead atoms. The van der Waals surface area contributed by atoms with Crippen LogP contribution < -0.4 is 4.90 Å². The molecule has 2 fully saturated rings. The van der Waals surface area contributed by atoms with Gasteiger partial charge in [0.25, 0.3) is 0 Å². The van der Waals surface area contributed by atoms with E-state index < -0.39 is 17.8 Å². The van der Waals surface area contributed by atoms with Crippen LogP contribution in [0.3, 0.4) is 0 Å². The van der Waals surface area contributed by atoms with E-state index in [4.69, 9.17) is 0 Å². The van der Waals surface area contributed by atoms with Gasteiger partial charge in [0.15, 0.2) is 0 Å². The van der Waals surface area contributed by atoms with Gasteiger partial charge in [-0.25, -0.2) is 0 Å². The minimum absolute atomic E-state index is 0.0204. The fraction of sp³-hybridized carbons (Fsp3) is 0.474. The Kier molecular flexibility index (Phi) is 2.59. The van der Waals surface area contributed by atoms with Gasteiger partial charge < -0.3 is 10.0 Å². The monoisotopic (exact) mass is 309 g/mol. The van der Waals surface area contributed by atoms with E-state index in [1.54, 1.807) is 0 Å². The first kappa shape index (κ1) is 13.3. The Morgan fingerprint density at radius 1 is 1.04 bits per heavy atom. The van der Waals surface area contributed by atoms with Crippen molar-refractivity contribution >= 4 is 17.6 Å². The summed E-state index contributed by atoms with van der Waals surface area (Å²) in [7, 11) is 0. The molecule has 118 valence electrons. The smallest absolute Gasteiger partial charge is 0.307 e. The van der Waals surface area contributed by atoms with Crippen LogP contribution in [-0.4, -0.2) is 23.5 Å². The van der Waals surface area contributed by atoms with E-state index in [1.165, 1.54) is 5.56 Å². The number of anilines is 1. The number of carbonyl (C=O) groups excluding carboxylic acids is 1. The van der Waals surface area contributed by atoms with E-state index in [2.05, 4.69) is 18.2 Å². The summed E-state index contributed by atoms with van der Waals surface area (Å²) in [6.45, 7) is 0.677. The molecule has 0 unspecified atom stereocenters. The summed E-state index contributed by atoms with van der Waals surface area (Å²) in [4.78, 5) is 27.0. The van der Waals surface area contributed by atoms with Gasteiger partial charge in [-0.2, -0.15) is 0 Å². The Bertz CT molecular complexity index is 740. The highest BCUT2D eigenvalue weighted by Gasteiger charge is 2.63. The number of allylic oxidation sites excluding steroid dienone is 2. The minimum Gasteiger partial charge on any atom is -0.481 e. The molecule has 23 heavy (non-hydrogen) atoms. The van der Waals surface area contributed by atoms with Crippen LogP contribution in [0.15, 0.2) is 36.4 Å². The lowest BCUT2D eigenvalue weighted by molar-refractivity contribution is -0.152. The van der Waals surface area contributed by atoms with Crippen LogP contribution in [0.25, 0.3) is 0 Å². The van der Waals surface area contributed by atoms with Crippen molar-refractivity contribution in [1.29, 1.82) is 0 Å². The van der Waals surface area contributed by atoms with Crippen molar-refractivity contribution < 1.29 is 14.7 Å². The SMILES string of the molecule is O=C(O)[C@@H]1[C@H]2C=C[C@@H]([C@@H]3C[C@@H]23)[C@H]1C(=O)N1CCc2ccccc21. The van der Waals surface area contributed by atoms with Crippen LogP contribution in [-0.2, 0) is 16.0 Å². The van der Waals surface area contributed by atoms with Crippen molar-refractivity contribution in [2.45, 2.75) is 12.8 Å². The summed E-state index contributed by atoms with van der Waals surface area (Å²) in [6, 6.07) is 7.98. The second-order valence-electron chi connectivity index (χ2n) is 7.36. The molecule has 1 aliphatic heterocycles. The molecule has 0 spiro atoms. The number of nitrogens with zero attached hydrogens (tertiary/aromatic N) is 1. The highest BCUT2D eigenvalue weighted by atomic mass is 16.4. The lowest BCUT2D eigenvalue weighted by atomic mass is 9.62. The Morgan fingerprint density at radius 2 is 1.74 bits per heavy atom. The number of amides is 1. The van der Waals surface area contributed by atoms with Gasteiger partial charge in [0.05, 0.1) is 11.8 Å². The number of aliphatic carboxylic acids is 1. The Balaban J connectivity index is 1.52. The number of fused-ring (bicyclic) bond motifs is 2. The third-order valence-corrected chi connectivity index (χ3v) is 6.38. The van der Waals surface area contributed by atoms with Crippen molar-refractivity contribution in [2.24, 2.45) is 35.5 Å². The van der Waals surface area contributed by atoms with Crippen LogP contribution in [0.4, 0.5) is 5.69 Å². The number of hydrogen-bond acceptors (Lipinski definition) is 2. The molecule has 0 saturated heterocycles. The van der Waals surface area contributed by atoms with Gasteiger partial charge >= 0.3 is 5.97 Å². The van der Waals surface area contributed by atoms with Gasteiger partial charge in [-0.3, -0.25) is 9.59 Å². The first-order chi connectivity index (χ1) is 11.2. The molecule has 2 saturated carbocycles. The first-order valence-corrected chi connectivity index (χ1v) is 8.47. The zero-order valence-corrected chi connectivity index (χ0v) is 12.8. The molecule has 1 aromatic rings. The predicted octanol–water partition coefficient (Wildman–Crippen LogP) is 2.34. The minimum atomic E-state index is -0.805. The Morgan fingerprint density at radius 3 is 2.48 bits per heavy atom. The maximum absolute atomic E-state index is 13.3. The quantitative estimate of drug-likeness (QED) is 0.853. The second-order valence-corrected chi connectivity index (χ2v) is 7.36. The van der Waals surface area contributed by atoms with Crippen molar-refractivity contribution in [2.75, 3.05) is 11.4 Å². The largest absolute Gasteiger partial charge is 0.481 e. The van der Waals surface area contributed by atoms with E-state index in [9.17, 15) is 14.7 Å². The Labute approximate surface area is 134 Å². The molecule has 4 nitrogen and oxygen atoms in total. The van der Waals surface area contributed by atoms with Crippen molar-refractivity contribution in [3.05, 3.63) is 42.0 Å². The predicted molar refractivity (Wildman–Crippen MR) is 84.8 cm³/mol. The molecule has 1 aromatic carbocycles. The van der Waals surface area contributed by atoms with Crippen molar-refractivity contribution in [3.8, 4) is 0 Å². The normalized spacial score (nSPS) is 39.0. The molecular weight excluding hydrogens is 290 g/mol. The van der Waals surface area contributed by atoms with Gasteiger partial charge in [0, 0.05) is 12.2 Å². The molecule has 0 aromatic heterocycles. The first-order valence-electron chi connectivity index (χ1n) is 8.47. The number of carbonyl (C=O) groups is 2. The highest BCUT2D eigenvalue weighted by molar-refractivity contribution is 5.99. The molecule has 1 amide bonds. The molecule has 4 aliphatic carbocycles. The number of carboxylic acids is 1. The van der Waals surface area contributed by atoms with E-state index in [0.717, 1.165) is 18.5 Å². The molecule has 4 heteroatoms. The van der Waals surface area contributed by atoms with E-state index in [-0.39, 0.29) is 17.7 Å². The molecule has 6 atom stereocenters. The van der Waals surface area contributed by atoms with Crippen LogP contribution in [0.2, 0.25) is 0 Å². The summed E-state index contributed by atoms with van der Waals surface area (Å²) in [5.74, 6) is -0.520. The molecular formula is C19H19NO3. The van der Waals surface area contributed by atoms with E-state index in [0.29, 0.717) is 18.4 Å². The average Bonchev–Trinajstić information content (AvgIpc) is 3.28. The Hall–Kier alpha value is -2.10. The summed E-state index contributed by atoms with van der Waals surface area (Å²) >= 11 is 0. The lowest BCUT2D eigenvalue weighted by Gasteiger charge is -2.43.